The van der Waals surface area contributed by atoms with Crippen LogP contribution in [0.2, 0.25) is 0 Å². The van der Waals surface area contributed by atoms with E-state index < -0.39 is 17.8 Å². The van der Waals surface area contributed by atoms with Gasteiger partial charge in [-0.05, 0) is 18.9 Å². The minimum absolute atomic E-state index is 0.0409. The summed E-state index contributed by atoms with van der Waals surface area (Å²) in [6, 6.07) is 0.826. The van der Waals surface area contributed by atoms with Crippen LogP contribution in [0.5, 0.6) is 0 Å². The lowest BCUT2D eigenvalue weighted by Crippen LogP contribution is -2.45. The SMILES string of the molecule is CNC(=O)C1CCCN1C(=O)c1ccncc1F. The van der Waals surface area contributed by atoms with Crippen molar-refractivity contribution >= 4 is 11.8 Å². The Morgan fingerprint density at radius 3 is 3.00 bits per heavy atom. The van der Waals surface area contributed by atoms with Crippen LogP contribution in [0.1, 0.15) is 23.2 Å². The van der Waals surface area contributed by atoms with Crippen LogP contribution in [0.4, 0.5) is 4.39 Å². The zero-order valence-electron chi connectivity index (χ0n) is 10.0. The molecule has 1 aromatic rings. The van der Waals surface area contributed by atoms with Gasteiger partial charge in [-0.3, -0.25) is 14.6 Å². The van der Waals surface area contributed by atoms with Gasteiger partial charge < -0.3 is 10.2 Å². The van der Waals surface area contributed by atoms with E-state index in [2.05, 4.69) is 10.3 Å². The molecule has 5 nitrogen and oxygen atoms in total. The van der Waals surface area contributed by atoms with Gasteiger partial charge in [0.15, 0.2) is 5.82 Å². The van der Waals surface area contributed by atoms with Gasteiger partial charge in [0, 0.05) is 19.8 Å². The molecule has 96 valence electrons. The summed E-state index contributed by atoms with van der Waals surface area (Å²) in [5, 5.41) is 2.52. The van der Waals surface area contributed by atoms with Gasteiger partial charge in [0.2, 0.25) is 5.91 Å². The standard InChI is InChI=1S/C12H14FN3O2/c1-14-11(17)10-3-2-6-16(10)12(18)8-4-5-15-7-9(8)13/h4-5,7,10H,2-3,6H2,1H3,(H,14,17). The summed E-state index contributed by atoms with van der Waals surface area (Å²) >= 11 is 0. The van der Waals surface area contributed by atoms with Crippen molar-refractivity contribution in [2.45, 2.75) is 18.9 Å². The van der Waals surface area contributed by atoms with Gasteiger partial charge in [0.25, 0.3) is 5.91 Å². The van der Waals surface area contributed by atoms with E-state index in [1.807, 2.05) is 0 Å². The molecule has 0 spiro atoms. The van der Waals surface area contributed by atoms with Crippen molar-refractivity contribution in [3.8, 4) is 0 Å². The number of likely N-dealkylation sites (N-methyl/N-ethyl adjacent to an activating group) is 1. The molecule has 0 bridgehead atoms. The van der Waals surface area contributed by atoms with E-state index >= 15 is 0 Å². The number of rotatable bonds is 2. The Kier molecular flexibility index (Phi) is 3.55. The molecule has 1 N–H and O–H groups in total. The first-order valence-corrected chi connectivity index (χ1v) is 5.77. The Bertz CT molecular complexity index is 478. The van der Waals surface area contributed by atoms with Crippen molar-refractivity contribution in [2.75, 3.05) is 13.6 Å². The molecule has 6 heteroatoms. The average Bonchev–Trinajstić information content (AvgIpc) is 2.86. The normalized spacial score (nSPS) is 18.8. The molecule has 0 aromatic carbocycles. The maximum Gasteiger partial charge on any atom is 0.257 e. The fourth-order valence-corrected chi connectivity index (χ4v) is 2.15. The van der Waals surface area contributed by atoms with Crippen molar-refractivity contribution in [1.82, 2.24) is 15.2 Å². The predicted molar refractivity (Wildman–Crippen MR) is 62.3 cm³/mol. The highest BCUT2D eigenvalue weighted by atomic mass is 19.1. The number of carbonyl (C=O) groups excluding carboxylic acids is 2. The number of hydrogen-bond acceptors (Lipinski definition) is 3. The molecule has 2 heterocycles. The number of amides is 2. The van der Waals surface area contributed by atoms with Crippen LogP contribution in [0.15, 0.2) is 18.5 Å². The second-order valence-corrected chi connectivity index (χ2v) is 4.13. The number of carbonyl (C=O) groups is 2. The van der Waals surface area contributed by atoms with Gasteiger partial charge in [0.05, 0.1) is 11.8 Å². The van der Waals surface area contributed by atoms with Gasteiger partial charge in [-0.1, -0.05) is 0 Å². The molecule has 1 aliphatic heterocycles. The number of pyridine rings is 1. The summed E-state index contributed by atoms with van der Waals surface area (Å²) in [5.41, 5.74) is -0.0409. The van der Waals surface area contributed by atoms with Crippen LogP contribution in [-0.2, 0) is 4.79 Å². The third-order valence-corrected chi connectivity index (χ3v) is 3.07. The minimum atomic E-state index is -0.662. The quantitative estimate of drug-likeness (QED) is 0.836. The monoisotopic (exact) mass is 251 g/mol. The predicted octanol–water partition coefficient (Wildman–Crippen LogP) is 0.571. The Morgan fingerprint density at radius 2 is 2.33 bits per heavy atom. The van der Waals surface area contributed by atoms with Gasteiger partial charge >= 0.3 is 0 Å². The van der Waals surface area contributed by atoms with Crippen LogP contribution in [0, 0.1) is 5.82 Å². The van der Waals surface area contributed by atoms with Crippen molar-refractivity contribution in [1.29, 1.82) is 0 Å². The second kappa shape index (κ2) is 5.12. The number of halogens is 1. The zero-order chi connectivity index (χ0) is 13.1. The number of aromatic nitrogens is 1. The molecule has 1 aliphatic rings. The van der Waals surface area contributed by atoms with E-state index in [0.29, 0.717) is 13.0 Å². The first-order valence-electron chi connectivity index (χ1n) is 5.77. The molecule has 0 radical (unpaired) electrons. The summed E-state index contributed by atoms with van der Waals surface area (Å²) in [7, 11) is 1.52. The van der Waals surface area contributed by atoms with Crippen molar-refractivity contribution in [2.24, 2.45) is 0 Å². The van der Waals surface area contributed by atoms with E-state index in [9.17, 15) is 14.0 Å². The average molecular weight is 251 g/mol. The Labute approximate surface area is 104 Å². The summed E-state index contributed by atoms with van der Waals surface area (Å²) in [6.45, 7) is 0.471. The van der Waals surface area contributed by atoms with Gasteiger partial charge in [0.1, 0.15) is 6.04 Å². The van der Waals surface area contributed by atoms with Crippen molar-refractivity contribution in [3.05, 3.63) is 29.8 Å². The molecule has 0 aliphatic carbocycles. The Hall–Kier alpha value is -1.98. The molecule has 0 saturated carbocycles. The number of nitrogens with zero attached hydrogens (tertiary/aromatic N) is 2. The van der Waals surface area contributed by atoms with E-state index in [1.54, 1.807) is 0 Å². The topological polar surface area (TPSA) is 62.3 Å². The summed E-state index contributed by atoms with van der Waals surface area (Å²) in [5.74, 6) is -1.33. The van der Waals surface area contributed by atoms with Crippen molar-refractivity contribution < 1.29 is 14.0 Å². The van der Waals surface area contributed by atoms with Crippen LogP contribution < -0.4 is 5.32 Å². The Balaban J connectivity index is 2.23. The number of hydrogen-bond donors (Lipinski definition) is 1. The highest BCUT2D eigenvalue weighted by Gasteiger charge is 2.34. The number of nitrogens with one attached hydrogen (secondary N) is 1. The van der Waals surface area contributed by atoms with E-state index in [4.69, 9.17) is 0 Å². The van der Waals surface area contributed by atoms with Gasteiger partial charge in [-0.15, -0.1) is 0 Å². The molecular weight excluding hydrogens is 237 g/mol. The van der Waals surface area contributed by atoms with Gasteiger partial charge in [-0.2, -0.15) is 0 Å². The van der Waals surface area contributed by atoms with Crippen molar-refractivity contribution in [3.63, 3.8) is 0 Å². The minimum Gasteiger partial charge on any atom is -0.357 e. The smallest absolute Gasteiger partial charge is 0.257 e. The highest BCUT2D eigenvalue weighted by Crippen LogP contribution is 2.21. The van der Waals surface area contributed by atoms with E-state index in [-0.39, 0.29) is 11.5 Å². The maximum absolute atomic E-state index is 13.5. The zero-order valence-corrected chi connectivity index (χ0v) is 10.0. The molecule has 1 aromatic heterocycles. The molecule has 2 rings (SSSR count). The molecule has 18 heavy (non-hydrogen) atoms. The molecular formula is C12H14FN3O2. The second-order valence-electron chi connectivity index (χ2n) is 4.13. The third kappa shape index (κ3) is 2.18. The van der Waals surface area contributed by atoms with Crippen LogP contribution in [0.3, 0.4) is 0 Å². The summed E-state index contributed by atoms with van der Waals surface area (Å²) < 4.78 is 13.5. The van der Waals surface area contributed by atoms with Crippen LogP contribution in [0.25, 0.3) is 0 Å². The van der Waals surface area contributed by atoms with E-state index in [0.717, 1.165) is 12.6 Å². The third-order valence-electron chi connectivity index (χ3n) is 3.07. The number of likely N-dealkylation sites (tertiary alicyclic amines) is 1. The largest absolute Gasteiger partial charge is 0.357 e. The fraction of sp³-hybridized carbons (Fsp3) is 0.417. The lowest BCUT2D eigenvalue weighted by Gasteiger charge is -2.23. The maximum atomic E-state index is 13.5. The molecule has 1 fully saturated rings. The highest BCUT2D eigenvalue weighted by molar-refractivity contribution is 5.98. The summed E-state index contributed by atoms with van der Waals surface area (Å²) in [6.07, 6.45) is 3.72. The summed E-state index contributed by atoms with van der Waals surface area (Å²) in [4.78, 5) is 28.8. The first-order chi connectivity index (χ1) is 8.65. The fourth-order valence-electron chi connectivity index (χ4n) is 2.15. The lowest BCUT2D eigenvalue weighted by atomic mass is 10.1. The van der Waals surface area contributed by atoms with E-state index in [1.165, 1.54) is 24.2 Å². The first kappa shape index (κ1) is 12.5. The lowest BCUT2D eigenvalue weighted by molar-refractivity contribution is -0.124. The molecule has 1 unspecified atom stereocenters. The molecule has 2 amide bonds. The van der Waals surface area contributed by atoms with Gasteiger partial charge in [-0.25, -0.2) is 4.39 Å². The molecule has 1 saturated heterocycles. The van der Waals surface area contributed by atoms with Crippen LogP contribution in [-0.4, -0.2) is 41.3 Å². The Morgan fingerprint density at radius 1 is 1.56 bits per heavy atom. The molecule has 1 atom stereocenters. The van der Waals surface area contributed by atoms with Crippen LogP contribution >= 0.6 is 0 Å².